The van der Waals surface area contributed by atoms with E-state index in [1.807, 2.05) is 30.3 Å². The fraction of sp³-hybridized carbons (Fsp3) is 0.444. The lowest BCUT2D eigenvalue weighted by Crippen LogP contribution is -2.37. The van der Waals surface area contributed by atoms with Gasteiger partial charge in [-0.25, -0.2) is 8.42 Å². The third kappa shape index (κ3) is 5.12. The standard InChI is InChI=1S/C18H24N4O3S2/c1-20-15-17(14-19-20)27(24,25)22-10-5-9-21(11-12-22)18(23)8-13-26-16-6-3-2-4-7-16/h2-4,6-7,14-15H,5,8-13H2,1H3. The highest BCUT2D eigenvalue weighted by atomic mass is 32.2. The third-order valence-corrected chi connectivity index (χ3v) is 7.32. The average molecular weight is 409 g/mol. The van der Waals surface area contributed by atoms with Crippen LogP contribution < -0.4 is 0 Å². The Balaban J connectivity index is 1.52. The Morgan fingerprint density at radius 1 is 1.15 bits per heavy atom. The maximum absolute atomic E-state index is 12.7. The van der Waals surface area contributed by atoms with Crippen molar-refractivity contribution in [3.8, 4) is 0 Å². The molecule has 27 heavy (non-hydrogen) atoms. The first-order chi connectivity index (χ1) is 13.0. The van der Waals surface area contributed by atoms with Crippen LogP contribution in [0.3, 0.4) is 0 Å². The molecule has 3 rings (SSSR count). The number of sulfonamides is 1. The van der Waals surface area contributed by atoms with Crippen LogP contribution in [0.25, 0.3) is 0 Å². The van der Waals surface area contributed by atoms with Gasteiger partial charge in [-0.2, -0.15) is 9.40 Å². The number of benzene rings is 1. The minimum atomic E-state index is -3.56. The summed E-state index contributed by atoms with van der Waals surface area (Å²) in [5.41, 5.74) is 0. The van der Waals surface area contributed by atoms with Crippen LogP contribution in [0.15, 0.2) is 52.5 Å². The van der Waals surface area contributed by atoms with Crippen LogP contribution in [-0.2, 0) is 21.9 Å². The van der Waals surface area contributed by atoms with Crippen LogP contribution in [0.1, 0.15) is 12.8 Å². The molecule has 1 aliphatic rings. The molecule has 0 bridgehead atoms. The monoisotopic (exact) mass is 408 g/mol. The van der Waals surface area contributed by atoms with E-state index in [0.29, 0.717) is 39.0 Å². The molecule has 7 nitrogen and oxygen atoms in total. The first kappa shape index (κ1) is 19.9. The zero-order chi connectivity index (χ0) is 19.3. The summed E-state index contributed by atoms with van der Waals surface area (Å²) in [5.74, 6) is 0.802. The van der Waals surface area contributed by atoms with Gasteiger partial charge in [-0.3, -0.25) is 9.48 Å². The number of hydrogen-bond donors (Lipinski definition) is 0. The SMILES string of the molecule is Cn1cc(S(=O)(=O)N2CCCN(C(=O)CCSc3ccccc3)CC2)cn1. The number of rotatable bonds is 6. The van der Waals surface area contributed by atoms with E-state index in [1.165, 1.54) is 21.4 Å². The summed E-state index contributed by atoms with van der Waals surface area (Å²) < 4.78 is 28.4. The Bertz CT molecular complexity index is 868. The number of nitrogens with zero attached hydrogens (tertiary/aromatic N) is 4. The lowest BCUT2D eigenvalue weighted by atomic mass is 10.3. The molecule has 146 valence electrons. The zero-order valence-electron chi connectivity index (χ0n) is 15.3. The maximum atomic E-state index is 12.7. The molecule has 1 aliphatic heterocycles. The number of aryl methyl sites for hydroxylation is 1. The van der Waals surface area contributed by atoms with Gasteiger partial charge in [0, 0.05) is 56.5 Å². The van der Waals surface area contributed by atoms with Crippen LogP contribution in [0.2, 0.25) is 0 Å². The molecule has 1 fully saturated rings. The van der Waals surface area contributed by atoms with Crippen LogP contribution >= 0.6 is 11.8 Å². The van der Waals surface area contributed by atoms with Crippen molar-refractivity contribution < 1.29 is 13.2 Å². The predicted molar refractivity (Wildman–Crippen MR) is 105 cm³/mol. The second kappa shape index (κ2) is 8.90. The average Bonchev–Trinajstić information content (AvgIpc) is 2.95. The highest BCUT2D eigenvalue weighted by molar-refractivity contribution is 7.99. The van der Waals surface area contributed by atoms with Crippen molar-refractivity contribution in [3.05, 3.63) is 42.7 Å². The van der Waals surface area contributed by atoms with Gasteiger partial charge in [-0.1, -0.05) is 18.2 Å². The van der Waals surface area contributed by atoms with Gasteiger partial charge in [0.15, 0.2) is 0 Å². The van der Waals surface area contributed by atoms with Gasteiger partial charge in [-0.15, -0.1) is 11.8 Å². The minimum Gasteiger partial charge on any atom is -0.341 e. The molecule has 0 unspecified atom stereocenters. The van der Waals surface area contributed by atoms with Crippen molar-refractivity contribution in [1.82, 2.24) is 19.0 Å². The summed E-state index contributed by atoms with van der Waals surface area (Å²) in [6.07, 6.45) is 3.96. The second-order valence-electron chi connectivity index (χ2n) is 6.40. The van der Waals surface area contributed by atoms with Crippen LogP contribution in [0.4, 0.5) is 0 Å². The van der Waals surface area contributed by atoms with E-state index in [-0.39, 0.29) is 10.8 Å². The van der Waals surface area contributed by atoms with Crippen molar-refractivity contribution in [3.63, 3.8) is 0 Å². The molecule has 1 saturated heterocycles. The van der Waals surface area contributed by atoms with Gasteiger partial charge in [0.2, 0.25) is 15.9 Å². The Kier molecular flexibility index (Phi) is 6.56. The molecule has 1 aromatic carbocycles. The summed E-state index contributed by atoms with van der Waals surface area (Å²) in [7, 11) is -1.87. The number of carbonyl (C=O) groups is 1. The van der Waals surface area contributed by atoms with Gasteiger partial charge in [0.05, 0.1) is 6.20 Å². The molecule has 0 saturated carbocycles. The molecule has 2 heterocycles. The first-order valence-corrected chi connectivity index (χ1v) is 11.3. The first-order valence-electron chi connectivity index (χ1n) is 8.91. The molecule has 0 aliphatic carbocycles. The summed E-state index contributed by atoms with van der Waals surface area (Å²) in [5, 5.41) is 3.95. The lowest BCUT2D eigenvalue weighted by Gasteiger charge is -2.21. The van der Waals surface area contributed by atoms with Crippen molar-refractivity contribution >= 4 is 27.7 Å². The number of carbonyl (C=O) groups excluding carboxylic acids is 1. The lowest BCUT2D eigenvalue weighted by molar-refractivity contribution is -0.130. The normalized spacial score (nSPS) is 16.3. The molecule has 0 N–H and O–H groups in total. The summed E-state index contributed by atoms with van der Waals surface area (Å²) in [6.45, 7) is 1.75. The van der Waals surface area contributed by atoms with Crippen molar-refractivity contribution in [2.75, 3.05) is 31.9 Å². The summed E-state index contributed by atoms with van der Waals surface area (Å²) in [4.78, 5) is 15.6. The van der Waals surface area contributed by atoms with Crippen molar-refractivity contribution in [2.24, 2.45) is 7.05 Å². The van der Waals surface area contributed by atoms with Gasteiger partial charge in [0.25, 0.3) is 0 Å². The predicted octanol–water partition coefficient (Wildman–Crippen LogP) is 1.83. The molecule has 1 aromatic heterocycles. The van der Waals surface area contributed by atoms with Gasteiger partial charge in [-0.05, 0) is 18.6 Å². The van der Waals surface area contributed by atoms with E-state index >= 15 is 0 Å². The van der Waals surface area contributed by atoms with E-state index in [1.54, 1.807) is 23.7 Å². The summed E-state index contributed by atoms with van der Waals surface area (Å²) >= 11 is 1.66. The number of aromatic nitrogens is 2. The molecule has 1 amide bonds. The number of hydrogen-bond acceptors (Lipinski definition) is 5. The fourth-order valence-electron chi connectivity index (χ4n) is 3.00. The molecule has 0 radical (unpaired) electrons. The minimum absolute atomic E-state index is 0.0825. The second-order valence-corrected chi connectivity index (χ2v) is 9.51. The van der Waals surface area contributed by atoms with E-state index < -0.39 is 10.0 Å². The highest BCUT2D eigenvalue weighted by Gasteiger charge is 2.29. The highest BCUT2D eigenvalue weighted by Crippen LogP contribution is 2.20. The Morgan fingerprint density at radius 3 is 2.63 bits per heavy atom. The topological polar surface area (TPSA) is 75.5 Å². The Labute approximate surface area is 164 Å². The molecular weight excluding hydrogens is 384 g/mol. The van der Waals surface area contributed by atoms with Crippen molar-refractivity contribution in [1.29, 1.82) is 0 Å². The number of amides is 1. The summed E-state index contributed by atoms with van der Waals surface area (Å²) in [6, 6.07) is 9.99. The van der Waals surface area contributed by atoms with Gasteiger partial charge < -0.3 is 4.90 Å². The Morgan fingerprint density at radius 2 is 1.93 bits per heavy atom. The van der Waals surface area contributed by atoms with E-state index in [0.717, 1.165) is 10.6 Å². The molecule has 2 aromatic rings. The maximum Gasteiger partial charge on any atom is 0.246 e. The smallest absolute Gasteiger partial charge is 0.246 e. The van der Waals surface area contributed by atoms with E-state index in [9.17, 15) is 13.2 Å². The molecule has 9 heteroatoms. The quantitative estimate of drug-likeness (QED) is 0.682. The van der Waals surface area contributed by atoms with E-state index in [4.69, 9.17) is 0 Å². The third-order valence-electron chi connectivity index (χ3n) is 4.45. The van der Waals surface area contributed by atoms with Crippen LogP contribution in [0, 0.1) is 0 Å². The molecule has 0 spiro atoms. The largest absolute Gasteiger partial charge is 0.341 e. The Hall–Kier alpha value is -1.84. The number of thioether (sulfide) groups is 1. The van der Waals surface area contributed by atoms with Crippen LogP contribution in [-0.4, -0.2) is 65.2 Å². The van der Waals surface area contributed by atoms with Gasteiger partial charge in [0.1, 0.15) is 4.90 Å². The molecule has 0 atom stereocenters. The fourth-order valence-corrected chi connectivity index (χ4v) is 5.31. The zero-order valence-corrected chi connectivity index (χ0v) is 17.0. The van der Waals surface area contributed by atoms with Gasteiger partial charge >= 0.3 is 0 Å². The molecular formula is C18H24N4O3S2. The van der Waals surface area contributed by atoms with Crippen LogP contribution in [0.5, 0.6) is 0 Å². The van der Waals surface area contributed by atoms with Crippen molar-refractivity contribution in [2.45, 2.75) is 22.6 Å². The van der Waals surface area contributed by atoms with E-state index in [2.05, 4.69) is 5.10 Å².